The number of hydrogen-bond donors (Lipinski definition) is 2. The summed E-state index contributed by atoms with van der Waals surface area (Å²) in [7, 11) is 0. The fraction of sp³-hybridized carbons (Fsp3) is 0.889. The molecule has 1 amide bonds. The molecule has 0 aliphatic rings. The molecule has 6 heteroatoms. The van der Waals surface area contributed by atoms with Crippen LogP contribution in [-0.2, 0) is 4.74 Å². The molecule has 0 rings (SSSR count). The van der Waals surface area contributed by atoms with Crippen LogP contribution >= 0.6 is 0 Å². The first-order valence-corrected chi connectivity index (χ1v) is 4.60. The second-order valence-corrected chi connectivity index (χ2v) is 4.11. The Balaban J connectivity index is 4.13. The Bertz CT molecular complexity index is 206. The van der Waals surface area contributed by atoms with Crippen LogP contribution in [0.3, 0.4) is 0 Å². The maximum absolute atomic E-state index is 12.8. The highest BCUT2D eigenvalue weighted by Gasteiger charge is 2.25. The standard InChI is InChI=1S/C9H17F2NO3/c1-9(2,3)15-8(14)12-7(4-10)6(11)5-13/h6-7,13H,4-5H2,1-3H3,(H,12,14). The monoisotopic (exact) mass is 225 g/mol. The van der Waals surface area contributed by atoms with E-state index in [1.54, 1.807) is 20.8 Å². The average Bonchev–Trinajstić information content (AvgIpc) is 2.10. The third-order valence-corrected chi connectivity index (χ3v) is 1.48. The van der Waals surface area contributed by atoms with Crippen molar-refractivity contribution in [3.05, 3.63) is 0 Å². The summed E-state index contributed by atoms with van der Waals surface area (Å²) in [6.07, 6.45) is -2.73. The summed E-state index contributed by atoms with van der Waals surface area (Å²) in [5.41, 5.74) is -0.726. The lowest BCUT2D eigenvalue weighted by Gasteiger charge is -2.23. The predicted octanol–water partition coefficient (Wildman–Crippen LogP) is 1.18. The van der Waals surface area contributed by atoms with Crippen LogP contribution in [0.5, 0.6) is 0 Å². The number of alkyl halides is 2. The zero-order valence-corrected chi connectivity index (χ0v) is 9.09. The molecule has 0 fully saturated rings. The number of carbonyl (C=O) groups excluding carboxylic acids is 1. The van der Waals surface area contributed by atoms with Gasteiger partial charge in [-0.15, -0.1) is 0 Å². The summed E-state index contributed by atoms with van der Waals surface area (Å²) in [5, 5.41) is 10.5. The maximum Gasteiger partial charge on any atom is 0.408 e. The molecule has 0 saturated heterocycles. The maximum atomic E-state index is 12.8. The minimum absolute atomic E-state index is 0.726. The topological polar surface area (TPSA) is 58.6 Å². The quantitative estimate of drug-likeness (QED) is 0.755. The summed E-state index contributed by atoms with van der Waals surface area (Å²) in [4.78, 5) is 11.1. The molecule has 0 saturated carbocycles. The second-order valence-electron chi connectivity index (χ2n) is 4.11. The summed E-state index contributed by atoms with van der Waals surface area (Å²) in [6.45, 7) is 2.97. The zero-order valence-electron chi connectivity index (χ0n) is 9.09. The van der Waals surface area contributed by atoms with E-state index >= 15 is 0 Å². The molecule has 90 valence electrons. The molecule has 4 nitrogen and oxygen atoms in total. The lowest BCUT2D eigenvalue weighted by Crippen LogP contribution is -2.46. The fourth-order valence-corrected chi connectivity index (χ4v) is 0.812. The van der Waals surface area contributed by atoms with Crippen molar-refractivity contribution >= 4 is 6.09 Å². The molecule has 2 N–H and O–H groups in total. The van der Waals surface area contributed by atoms with Crippen LogP contribution in [0.1, 0.15) is 20.8 Å². The van der Waals surface area contributed by atoms with E-state index in [9.17, 15) is 13.6 Å². The van der Waals surface area contributed by atoms with E-state index in [4.69, 9.17) is 9.84 Å². The van der Waals surface area contributed by atoms with Gasteiger partial charge in [0.05, 0.1) is 12.6 Å². The second kappa shape index (κ2) is 5.85. The molecule has 0 spiro atoms. The van der Waals surface area contributed by atoms with Crippen LogP contribution in [-0.4, -0.2) is 42.3 Å². The van der Waals surface area contributed by atoms with Crippen LogP contribution in [0, 0.1) is 0 Å². The third kappa shape index (κ3) is 6.22. The summed E-state index contributed by atoms with van der Waals surface area (Å²) < 4.78 is 29.9. The van der Waals surface area contributed by atoms with E-state index < -0.39 is 37.2 Å². The molecule has 15 heavy (non-hydrogen) atoms. The van der Waals surface area contributed by atoms with E-state index in [1.165, 1.54) is 0 Å². The molecule has 0 bridgehead atoms. The lowest BCUT2D eigenvalue weighted by atomic mass is 10.2. The van der Waals surface area contributed by atoms with Crippen LogP contribution in [0.25, 0.3) is 0 Å². The molecule has 0 aromatic carbocycles. The summed E-state index contributed by atoms with van der Waals surface area (Å²) in [6, 6.07) is -1.37. The molecule has 0 aliphatic carbocycles. The first-order chi connectivity index (χ1) is 6.80. The minimum Gasteiger partial charge on any atom is -0.444 e. The van der Waals surface area contributed by atoms with Gasteiger partial charge in [0.15, 0.2) is 0 Å². The summed E-state index contributed by atoms with van der Waals surface area (Å²) >= 11 is 0. The van der Waals surface area contributed by atoms with Crippen LogP contribution in [0.4, 0.5) is 13.6 Å². The van der Waals surface area contributed by atoms with Crippen molar-refractivity contribution in [2.45, 2.75) is 38.6 Å². The number of amides is 1. The van der Waals surface area contributed by atoms with Gasteiger partial charge in [0.2, 0.25) is 0 Å². The number of hydrogen-bond acceptors (Lipinski definition) is 3. The normalized spacial score (nSPS) is 15.6. The minimum atomic E-state index is -1.83. The molecule has 0 radical (unpaired) electrons. The van der Waals surface area contributed by atoms with E-state index in [1.807, 2.05) is 5.32 Å². The van der Waals surface area contributed by atoms with E-state index in [0.29, 0.717) is 0 Å². The first kappa shape index (κ1) is 14.1. The molecule has 0 aromatic heterocycles. The largest absolute Gasteiger partial charge is 0.444 e. The van der Waals surface area contributed by atoms with E-state index in [0.717, 1.165) is 0 Å². The van der Waals surface area contributed by atoms with Crippen LogP contribution < -0.4 is 5.32 Å². The van der Waals surface area contributed by atoms with Gasteiger partial charge >= 0.3 is 6.09 Å². The average molecular weight is 225 g/mol. The van der Waals surface area contributed by atoms with Gasteiger partial charge in [-0.3, -0.25) is 0 Å². The van der Waals surface area contributed by atoms with Crippen molar-refractivity contribution in [1.82, 2.24) is 5.32 Å². The Labute approximate surface area is 87.6 Å². The molecule has 2 atom stereocenters. The number of nitrogens with one attached hydrogen (secondary N) is 1. The smallest absolute Gasteiger partial charge is 0.408 e. The molecule has 0 aliphatic heterocycles. The molecular weight excluding hydrogens is 208 g/mol. The Morgan fingerprint density at radius 3 is 2.40 bits per heavy atom. The predicted molar refractivity (Wildman–Crippen MR) is 51.1 cm³/mol. The van der Waals surface area contributed by atoms with Crippen LogP contribution in [0.15, 0.2) is 0 Å². The SMILES string of the molecule is CC(C)(C)OC(=O)NC(CF)C(F)CO. The van der Waals surface area contributed by atoms with Crippen molar-refractivity contribution in [2.75, 3.05) is 13.3 Å². The van der Waals surface area contributed by atoms with Gasteiger partial charge in [0, 0.05) is 0 Å². The van der Waals surface area contributed by atoms with Crippen molar-refractivity contribution in [2.24, 2.45) is 0 Å². The number of alkyl carbamates (subject to hydrolysis) is 1. The highest BCUT2D eigenvalue weighted by molar-refractivity contribution is 5.68. The van der Waals surface area contributed by atoms with Crippen molar-refractivity contribution in [3.63, 3.8) is 0 Å². The van der Waals surface area contributed by atoms with Crippen molar-refractivity contribution < 1.29 is 23.4 Å². The first-order valence-electron chi connectivity index (χ1n) is 4.60. The van der Waals surface area contributed by atoms with E-state index in [-0.39, 0.29) is 0 Å². The molecule has 2 unspecified atom stereocenters. The number of carbonyl (C=O) groups is 1. The Hall–Kier alpha value is -0.910. The fourth-order valence-electron chi connectivity index (χ4n) is 0.812. The third-order valence-electron chi connectivity index (χ3n) is 1.48. The number of ether oxygens (including phenoxy) is 1. The Kier molecular flexibility index (Phi) is 5.49. The van der Waals surface area contributed by atoms with Crippen molar-refractivity contribution in [3.8, 4) is 0 Å². The highest BCUT2D eigenvalue weighted by atomic mass is 19.1. The van der Waals surface area contributed by atoms with Gasteiger partial charge in [-0.2, -0.15) is 0 Å². The van der Waals surface area contributed by atoms with Gasteiger partial charge in [0.25, 0.3) is 0 Å². The highest BCUT2D eigenvalue weighted by Crippen LogP contribution is 2.08. The number of rotatable bonds is 4. The molecule has 0 aromatic rings. The van der Waals surface area contributed by atoms with Gasteiger partial charge in [0.1, 0.15) is 18.4 Å². The number of halogens is 2. The zero-order chi connectivity index (χ0) is 12.1. The summed E-state index contributed by atoms with van der Waals surface area (Å²) in [5.74, 6) is 0. The van der Waals surface area contributed by atoms with Crippen LogP contribution in [0.2, 0.25) is 0 Å². The molecular formula is C9H17F2NO3. The van der Waals surface area contributed by atoms with Crippen molar-refractivity contribution in [1.29, 1.82) is 0 Å². The van der Waals surface area contributed by atoms with Gasteiger partial charge in [-0.25, -0.2) is 13.6 Å². The Morgan fingerprint density at radius 1 is 1.53 bits per heavy atom. The van der Waals surface area contributed by atoms with Gasteiger partial charge in [-0.1, -0.05) is 0 Å². The van der Waals surface area contributed by atoms with Gasteiger partial charge in [-0.05, 0) is 20.8 Å². The Morgan fingerprint density at radius 2 is 2.07 bits per heavy atom. The van der Waals surface area contributed by atoms with Gasteiger partial charge < -0.3 is 15.2 Å². The lowest BCUT2D eigenvalue weighted by molar-refractivity contribution is 0.0430. The number of aliphatic hydroxyl groups excluding tert-OH is 1. The number of aliphatic hydroxyl groups is 1. The van der Waals surface area contributed by atoms with E-state index in [2.05, 4.69) is 0 Å². The molecule has 0 heterocycles.